The van der Waals surface area contributed by atoms with E-state index >= 15 is 0 Å². The first kappa shape index (κ1) is 19.0. The summed E-state index contributed by atoms with van der Waals surface area (Å²) in [5.74, 6) is 2.48. The Morgan fingerprint density at radius 2 is 1.97 bits per heavy atom. The van der Waals surface area contributed by atoms with Crippen molar-refractivity contribution in [1.29, 1.82) is 0 Å². The molecule has 0 unspecified atom stereocenters. The number of nitrogens with one attached hydrogen (secondary N) is 1. The first-order chi connectivity index (χ1) is 14.8. The highest BCUT2D eigenvalue weighted by Crippen LogP contribution is 2.40. The molecule has 0 aromatic carbocycles. The minimum Gasteiger partial charge on any atom is -0.334 e. The number of thioether (sulfide) groups is 1. The van der Waals surface area contributed by atoms with Crippen molar-refractivity contribution in [2.75, 3.05) is 36.8 Å². The molecular formula is C21H24N7OS+. The molecule has 1 aliphatic carbocycles. The number of anilines is 1. The fourth-order valence-corrected chi connectivity index (χ4v) is 4.63. The Hall–Kier alpha value is -2.94. The smallest absolute Gasteiger partial charge is 0.274 e. The first-order valence-corrected chi connectivity index (χ1v) is 11.3. The minimum absolute atomic E-state index is 0.157. The maximum absolute atomic E-state index is 12.8. The third kappa shape index (κ3) is 4.02. The van der Waals surface area contributed by atoms with E-state index in [1.54, 1.807) is 6.20 Å². The van der Waals surface area contributed by atoms with Gasteiger partial charge in [0.25, 0.3) is 5.82 Å². The Bertz CT molecular complexity index is 999. The van der Waals surface area contributed by atoms with Gasteiger partial charge in [0.2, 0.25) is 5.91 Å². The van der Waals surface area contributed by atoms with Crippen LogP contribution >= 0.6 is 11.8 Å². The number of amides is 1. The van der Waals surface area contributed by atoms with Crippen LogP contribution in [0.5, 0.6) is 0 Å². The lowest BCUT2D eigenvalue weighted by molar-refractivity contribution is -0.364. The zero-order valence-electron chi connectivity index (χ0n) is 16.6. The number of nitrogens with zero attached hydrogens (tertiary/aromatic N) is 6. The van der Waals surface area contributed by atoms with Gasteiger partial charge >= 0.3 is 0 Å². The number of hydrogen-bond donors (Lipinski definition) is 0. The van der Waals surface area contributed by atoms with Gasteiger partial charge < -0.3 is 4.90 Å². The van der Waals surface area contributed by atoms with Gasteiger partial charge in [-0.05, 0) is 31.0 Å². The van der Waals surface area contributed by atoms with Crippen molar-refractivity contribution in [3.63, 3.8) is 0 Å². The van der Waals surface area contributed by atoms with Crippen molar-refractivity contribution in [3.8, 4) is 11.4 Å². The van der Waals surface area contributed by atoms with Gasteiger partial charge in [-0.1, -0.05) is 17.8 Å². The van der Waals surface area contributed by atoms with Crippen LogP contribution in [-0.4, -0.2) is 62.5 Å². The van der Waals surface area contributed by atoms with E-state index in [-0.39, 0.29) is 5.91 Å². The summed E-state index contributed by atoms with van der Waals surface area (Å²) >= 11 is 1.49. The average molecular weight is 423 g/mol. The van der Waals surface area contributed by atoms with E-state index in [2.05, 4.69) is 35.7 Å². The molecule has 30 heavy (non-hydrogen) atoms. The fourth-order valence-electron chi connectivity index (χ4n) is 3.72. The fraction of sp³-hybridized carbons (Fsp3) is 0.381. The Kier molecular flexibility index (Phi) is 5.35. The lowest BCUT2D eigenvalue weighted by Crippen LogP contribution is -2.50. The summed E-state index contributed by atoms with van der Waals surface area (Å²) < 4.78 is 2.18. The van der Waals surface area contributed by atoms with Crippen LogP contribution in [0.15, 0.2) is 54.1 Å². The van der Waals surface area contributed by atoms with E-state index in [0.29, 0.717) is 11.8 Å². The van der Waals surface area contributed by atoms with Crippen LogP contribution in [-0.2, 0) is 4.79 Å². The molecule has 1 saturated heterocycles. The Labute approximate surface area is 179 Å². The normalized spacial score (nSPS) is 16.7. The van der Waals surface area contributed by atoms with Gasteiger partial charge in [0.15, 0.2) is 11.0 Å². The topological polar surface area (TPSA) is 81.3 Å². The van der Waals surface area contributed by atoms with Gasteiger partial charge in [0.05, 0.1) is 25.0 Å². The summed E-state index contributed by atoms with van der Waals surface area (Å²) in [5, 5.41) is 9.61. The second kappa shape index (κ2) is 8.43. The van der Waals surface area contributed by atoms with Crippen LogP contribution in [0.3, 0.4) is 0 Å². The van der Waals surface area contributed by atoms with Crippen LogP contribution in [0.1, 0.15) is 18.9 Å². The van der Waals surface area contributed by atoms with Gasteiger partial charge in [-0.25, -0.2) is 4.98 Å². The summed E-state index contributed by atoms with van der Waals surface area (Å²) in [6, 6.07) is 10.4. The van der Waals surface area contributed by atoms with E-state index in [0.717, 1.165) is 61.4 Å². The van der Waals surface area contributed by atoms with Gasteiger partial charge in [-0.2, -0.15) is 0 Å². The van der Waals surface area contributed by atoms with Crippen molar-refractivity contribution in [2.24, 2.45) is 0 Å². The standard InChI is InChI=1S/C21H23N7OS/c29-19(27-12-10-26(11-13-27)18-5-1-2-9-23-18)15-30-21-25-24-20(28(21)17-6-7-17)16-4-3-8-22-14-16/h1-5,8-9,14,17H,6-7,10-13,15H2/p+1. The van der Waals surface area contributed by atoms with Crippen LogP contribution in [0.25, 0.3) is 11.4 Å². The highest BCUT2D eigenvalue weighted by molar-refractivity contribution is 7.99. The van der Waals surface area contributed by atoms with E-state index in [1.807, 2.05) is 41.6 Å². The number of aromatic nitrogens is 5. The summed E-state index contributed by atoms with van der Waals surface area (Å²) in [4.78, 5) is 24.5. The predicted molar refractivity (Wildman–Crippen MR) is 114 cm³/mol. The monoisotopic (exact) mass is 422 g/mol. The molecule has 1 N–H and O–H groups in total. The van der Waals surface area contributed by atoms with Crippen molar-refractivity contribution in [3.05, 3.63) is 48.9 Å². The van der Waals surface area contributed by atoms with Crippen molar-refractivity contribution in [2.45, 2.75) is 24.0 Å². The molecule has 3 aromatic heterocycles. The molecule has 9 heteroatoms. The number of aromatic amines is 1. The first-order valence-electron chi connectivity index (χ1n) is 10.3. The summed E-state index contributed by atoms with van der Waals surface area (Å²) in [6.07, 6.45) is 7.76. The lowest BCUT2D eigenvalue weighted by atomic mass is 10.3. The zero-order valence-corrected chi connectivity index (χ0v) is 17.5. The zero-order chi connectivity index (χ0) is 20.3. The molecule has 0 spiro atoms. The summed E-state index contributed by atoms with van der Waals surface area (Å²) in [7, 11) is 0. The van der Waals surface area contributed by atoms with Crippen molar-refractivity contribution >= 4 is 23.5 Å². The molecule has 0 radical (unpaired) electrons. The second-order valence-corrected chi connectivity index (χ2v) is 8.50. The Morgan fingerprint density at radius 3 is 2.67 bits per heavy atom. The highest BCUT2D eigenvalue weighted by atomic mass is 32.2. The molecule has 4 heterocycles. The highest BCUT2D eigenvalue weighted by Gasteiger charge is 2.31. The molecular weight excluding hydrogens is 398 g/mol. The molecule has 0 bridgehead atoms. The van der Waals surface area contributed by atoms with Crippen molar-refractivity contribution < 1.29 is 9.78 Å². The maximum Gasteiger partial charge on any atom is 0.274 e. The molecule has 8 nitrogen and oxygen atoms in total. The number of piperazine rings is 1. The number of hydrogen-bond acceptors (Lipinski definition) is 6. The third-order valence-electron chi connectivity index (χ3n) is 5.49. The lowest BCUT2D eigenvalue weighted by Gasteiger charge is -2.30. The summed E-state index contributed by atoms with van der Waals surface area (Å²) in [5.41, 5.74) is 0.962. The molecule has 154 valence electrons. The van der Waals surface area contributed by atoms with E-state index in [1.165, 1.54) is 11.8 Å². The number of pyridine rings is 2. The molecule has 1 saturated carbocycles. The minimum atomic E-state index is 0.157. The average Bonchev–Trinajstić information content (AvgIpc) is 3.57. The predicted octanol–water partition coefficient (Wildman–Crippen LogP) is 1.93. The van der Waals surface area contributed by atoms with Gasteiger partial charge in [-0.3, -0.25) is 19.2 Å². The van der Waals surface area contributed by atoms with Crippen LogP contribution in [0, 0.1) is 0 Å². The molecule has 3 aromatic rings. The van der Waals surface area contributed by atoms with E-state index in [9.17, 15) is 4.79 Å². The van der Waals surface area contributed by atoms with Gasteiger partial charge in [-0.15, -0.1) is 10.2 Å². The molecule has 0 atom stereocenters. The van der Waals surface area contributed by atoms with E-state index < -0.39 is 0 Å². The molecule has 5 rings (SSSR count). The van der Waals surface area contributed by atoms with E-state index in [4.69, 9.17) is 0 Å². The maximum atomic E-state index is 12.8. The van der Waals surface area contributed by atoms with Gasteiger partial charge in [0, 0.05) is 30.1 Å². The Balaban J connectivity index is 1.21. The molecule has 2 aliphatic rings. The molecule has 1 aliphatic heterocycles. The molecule has 2 fully saturated rings. The number of rotatable bonds is 6. The Morgan fingerprint density at radius 1 is 1.10 bits per heavy atom. The van der Waals surface area contributed by atoms with Gasteiger partial charge in [0.1, 0.15) is 13.1 Å². The molecule has 1 amide bonds. The number of carbonyl (C=O) groups is 1. The second-order valence-electron chi connectivity index (χ2n) is 7.55. The third-order valence-corrected chi connectivity index (χ3v) is 6.41. The van der Waals surface area contributed by atoms with Crippen LogP contribution in [0.4, 0.5) is 5.82 Å². The quantitative estimate of drug-likeness (QED) is 0.565. The number of H-pyrrole nitrogens is 1. The SMILES string of the molecule is O=C(CSc1nnc(-c2cccnc2)n1C1CC1)N1CCN(c2cccc[nH+]2)CC1. The van der Waals surface area contributed by atoms with Crippen LogP contribution in [0.2, 0.25) is 0 Å². The van der Waals surface area contributed by atoms with Crippen molar-refractivity contribution in [1.82, 2.24) is 24.6 Å². The number of carbonyl (C=O) groups excluding carboxylic acids is 1. The summed E-state index contributed by atoms with van der Waals surface area (Å²) in [6.45, 7) is 3.14. The largest absolute Gasteiger partial charge is 0.334 e. The van der Waals surface area contributed by atoms with Crippen LogP contribution < -0.4 is 9.88 Å².